The number of aliphatic carboxylic acids is 1. The number of aryl methyl sites for hydroxylation is 1. The van der Waals surface area contributed by atoms with E-state index in [9.17, 15) is 9.59 Å². The number of amides is 2. The largest absolute Gasteiger partial charge is 0.480 e. The lowest BCUT2D eigenvalue weighted by atomic mass is 9.85. The first kappa shape index (κ1) is 19.3. The molecule has 2 N–H and O–H groups in total. The van der Waals surface area contributed by atoms with Crippen LogP contribution in [0.25, 0.3) is 0 Å². The van der Waals surface area contributed by atoms with Crippen molar-refractivity contribution in [1.82, 2.24) is 25.1 Å². The lowest BCUT2D eigenvalue weighted by Gasteiger charge is -2.43. The molecule has 1 aliphatic heterocycles. The van der Waals surface area contributed by atoms with Gasteiger partial charge in [0, 0.05) is 44.5 Å². The molecule has 0 atom stereocenters. The minimum Gasteiger partial charge on any atom is -0.480 e. The van der Waals surface area contributed by atoms with Crippen LogP contribution in [0.15, 0.2) is 12.3 Å². The second-order valence-electron chi connectivity index (χ2n) is 7.16. The molecule has 0 unspecified atom stereocenters. The lowest BCUT2D eigenvalue weighted by Crippen LogP contribution is -2.59. The zero-order chi connectivity index (χ0) is 19.4. The summed E-state index contributed by atoms with van der Waals surface area (Å²) in [5.41, 5.74) is 0. The molecule has 2 amide bonds. The van der Waals surface area contributed by atoms with E-state index in [0.29, 0.717) is 19.6 Å². The maximum Gasteiger partial charge on any atom is 0.317 e. The summed E-state index contributed by atoms with van der Waals surface area (Å²) in [4.78, 5) is 37.9. The number of carbonyl (C=O) groups is 2. The van der Waals surface area contributed by atoms with Crippen molar-refractivity contribution in [2.45, 2.75) is 38.8 Å². The number of likely N-dealkylation sites (N-methyl/N-ethyl adjacent to an activating group) is 1. The van der Waals surface area contributed by atoms with Gasteiger partial charge in [0.05, 0.1) is 6.54 Å². The van der Waals surface area contributed by atoms with Gasteiger partial charge in [-0.1, -0.05) is 6.92 Å². The Bertz CT molecular complexity index is 671. The molecule has 1 aliphatic carbocycles. The van der Waals surface area contributed by atoms with Gasteiger partial charge in [0.2, 0.25) is 0 Å². The van der Waals surface area contributed by atoms with E-state index in [1.165, 1.54) is 0 Å². The normalized spacial score (nSPS) is 22.5. The van der Waals surface area contributed by atoms with Crippen LogP contribution in [-0.4, -0.2) is 88.2 Å². The molecule has 1 saturated heterocycles. The SMILES string of the molecule is CCN(CC(=O)O)C1CC(NC(=O)N2CCN(c3ccnc(C)n3)CC2)C1. The van der Waals surface area contributed by atoms with Gasteiger partial charge in [0.15, 0.2) is 0 Å². The summed E-state index contributed by atoms with van der Waals surface area (Å²) in [5.74, 6) is 0.847. The fourth-order valence-corrected chi connectivity index (χ4v) is 3.70. The molecule has 0 spiro atoms. The fourth-order valence-electron chi connectivity index (χ4n) is 3.70. The highest BCUT2D eigenvalue weighted by Crippen LogP contribution is 2.26. The number of aromatic nitrogens is 2. The molecule has 9 nitrogen and oxygen atoms in total. The standard InChI is InChI=1S/C18H28N6O3/c1-3-22(12-17(25)26)15-10-14(11-15)21-18(27)24-8-6-23(7-9-24)16-4-5-19-13(2)20-16/h4-5,14-15H,3,6-12H2,1-2H3,(H,21,27)(H,25,26). The fraction of sp³-hybridized carbons (Fsp3) is 0.667. The highest BCUT2D eigenvalue weighted by atomic mass is 16.4. The van der Waals surface area contributed by atoms with Crippen LogP contribution < -0.4 is 10.2 Å². The van der Waals surface area contributed by atoms with E-state index in [2.05, 4.69) is 20.2 Å². The Kier molecular flexibility index (Phi) is 6.10. The van der Waals surface area contributed by atoms with Crippen LogP contribution in [-0.2, 0) is 4.79 Å². The third-order valence-corrected chi connectivity index (χ3v) is 5.35. The van der Waals surface area contributed by atoms with Crippen molar-refractivity contribution in [3.63, 3.8) is 0 Å². The van der Waals surface area contributed by atoms with E-state index < -0.39 is 5.97 Å². The van der Waals surface area contributed by atoms with Gasteiger partial charge in [-0.05, 0) is 32.4 Å². The van der Waals surface area contributed by atoms with E-state index in [-0.39, 0.29) is 24.7 Å². The molecule has 0 bridgehead atoms. The lowest BCUT2D eigenvalue weighted by molar-refractivity contribution is -0.139. The number of piperazine rings is 1. The van der Waals surface area contributed by atoms with E-state index in [1.54, 1.807) is 6.20 Å². The van der Waals surface area contributed by atoms with Crippen molar-refractivity contribution in [1.29, 1.82) is 0 Å². The van der Waals surface area contributed by atoms with Crippen LogP contribution in [0.2, 0.25) is 0 Å². The molecule has 2 aliphatic rings. The van der Waals surface area contributed by atoms with E-state index >= 15 is 0 Å². The molecule has 0 aromatic carbocycles. The van der Waals surface area contributed by atoms with Crippen LogP contribution in [0.1, 0.15) is 25.6 Å². The molecule has 1 saturated carbocycles. The van der Waals surface area contributed by atoms with Gasteiger partial charge >= 0.3 is 12.0 Å². The first-order valence-electron chi connectivity index (χ1n) is 9.52. The smallest absolute Gasteiger partial charge is 0.317 e. The third kappa shape index (κ3) is 4.85. The van der Waals surface area contributed by atoms with Gasteiger partial charge in [-0.3, -0.25) is 9.69 Å². The first-order chi connectivity index (χ1) is 13.0. The Labute approximate surface area is 159 Å². The monoisotopic (exact) mass is 376 g/mol. The molecule has 0 radical (unpaired) electrons. The van der Waals surface area contributed by atoms with Crippen LogP contribution in [0.5, 0.6) is 0 Å². The number of nitrogens with one attached hydrogen (secondary N) is 1. The minimum atomic E-state index is -0.805. The Morgan fingerprint density at radius 3 is 2.59 bits per heavy atom. The van der Waals surface area contributed by atoms with Crippen LogP contribution >= 0.6 is 0 Å². The number of carboxylic acid groups (broad SMARTS) is 1. The second-order valence-corrected chi connectivity index (χ2v) is 7.16. The molecule has 2 fully saturated rings. The maximum absolute atomic E-state index is 12.5. The predicted molar refractivity (Wildman–Crippen MR) is 101 cm³/mol. The molecule has 148 valence electrons. The Hall–Kier alpha value is -2.42. The summed E-state index contributed by atoms with van der Waals surface area (Å²) in [5, 5.41) is 12.0. The van der Waals surface area contributed by atoms with E-state index in [1.807, 2.05) is 29.7 Å². The molecule has 1 aromatic heterocycles. The molecular formula is C18H28N6O3. The topological polar surface area (TPSA) is 102 Å². The van der Waals surface area contributed by atoms with Crippen molar-refractivity contribution >= 4 is 17.8 Å². The van der Waals surface area contributed by atoms with Crippen LogP contribution in [0, 0.1) is 6.92 Å². The summed E-state index contributed by atoms with van der Waals surface area (Å²) in [6.45, 7) is 7.42. The third-order valence-electron chi connectivity index (χ3n) is 5.35. The number of rotatable bonds is 6. The highest BCUT2D eigenvalue weighted by Gasteiger charge is 2.35. The van der Waals surface area contributed by atoms with Crippen molar-refractivity contribution in [2.75, 3.05) is 44.2 Å². The van der Waals surface area contributed by atoms with Crippen molar-refractivity contribution in [3.8, 4) is 0 Å². The van der Waals surface area contributed by atoms with Gasteiger partial charge in [-0.25, -0.2) is 14.8 Å². The zero-order valence-electron chi connectivity index (χ0n) is 16.0. The van der Waals surface area contributed by atoms with Crippen molar-refractivity contribution in [3.05, 3.63) is 18.1 Å². The first-order valence-corrected chi connectivity index (χ1v) is 9.52. The summed E-state index contributed by atoms with van der Waals surface area (Å²) >= 11 is 0. The number of hydrogen-bond acceptors (Lipinski definition) is 6. The van der Waals surface area contributed by atoms with Gasteiger partial charge in [-0.15, -0.1) is 0 Å². The van der Waals surface area contributed by atoms with Crippen LogP contribution in [0.4, 0.5) is 10.6 Å². The molecule has 2 heterocycles. The van der Waals surface area contributed by atoms with Gasteiger partial charge in [0.1, 0.15) is 11.6 Å². The average molecular weight is 376 g/mol. The second kappa shape index (κ2) is 8.51. The highest BCUT2D eigenvalue weighted by molar-refractivity contribution is 5.75. The average Bonchev–Trinajstić information content (AvgIpc) is 2.62. The van der Waals surface area contributed by atoms with Gasteiger partial charge < -0.3 is 20.2 Å². The summed E-state index contributed by atoms with van der Waals surface area (Å²) < 4.78 is 0. The summed E-state index contributed by atoms with van der Waals surface area (Å²) in [6, 6.07) is 2.24. The van der Waals surface area contributed by atoms with Crippen molar-refractivity contribution in [2.24, 2.45) is 0 Å². The Balaban J connectivity index is 1.41. The molecule has 1 aromatic rings. The number of carboxylic acids is 1. The Morgan fingerprint density at radius 1 is 1.30 bits per heavy atom. The van der Waals surface area contributed by atoms with Gasteiger partial charge in [-0.2, -0.15) is 0 Å². The van der Waals surface area contributed by atoms with Crippen LogP contribution in [0.3, 0.4) is 0 Å². The summed E-state index contributed by atoms with van der Waals surface area (Å²) in [7, 11) is 0. The molecular weight excluding hydrogens is 348 g/mol. The quantitative estimate of drug-likeness (QED) is 0.748. The minimum absolute atomic E-state index is 0.0294. The predicted octanol–water partition coefficient (Wildman–Crippen LogP) is 0.554. The Morgan fingerprint density at radius 2 is 2.00 bits per heavy atom. The molecule has 3 rings (SSSR count). The maximum atomic E-state index is 12.5. The number of carbonyl (C=O) groups excluding carboxylic acids is 1. The number of anilines is 1. The number of hydrogen-bond donors (Lipinski definition) is 2. The summed E-state index contributed by atoms with van der Waals surface area (Å²) in [6.07, 6.45) is 3.38. The van der Waals surface area contributed by atoms with Gasteiger partial charge in [0.25, 0.3) is 0 Å². The van der Waals surface area contributed by atoms with E-state index in [4.69, 9.17) is 5.11 Å². The number of urea groups is 1. The zero-order valence-corrected chi connectivity index (χ0v) is 16.0. The van der Waals surface area contributed by atoms with Crippen molar-refractivity contribution < 1.29 is 14.7 Å². The van der Waals surface area contributed by atoms with E-state index in [0.717, 1.165) is 37.6 Å². The molecule has 27 heavy (non-hydrogen) atoms. The number of nitrogens with zero attached hydrogens (tertiary/aromatic N) is 5. The molecule has 9 heteroatoms.